The van der Waals surface area contributed by atoms with Crippen LogP contribution in [-0.4, -0.2) is 4.57 Å². The van der Waals surface area contributed by atoms with Gasteiger partial charge in [-0.1, -0.05) is 164 Å². The van der Waals surface area contributed by atoms with Crippen molar-refractivity contribution in [1.82, 2.24) is 4.57 Å². The number of hydrogen-bond donors (Lipinski definition) is 0. The Morgan fingerprint density at radius 3 is 0.745 bits per heavy atom. The zero-order chi connectivity index (χ0) is 36.0. The second-order valence-electron chi connectivity index (χ2n) is 14.8. The molecule has 11 aromatic carbocycles. The van der Waals surface area contributed by atoms with E-state index in [0.717, 1.165) is 5.69 Å². The Bertz CT molecular complexity index is 3610. The van der Waals surface area contributed by atoms with Crippen LogP contribution in [0.1, 0.15) is 0 Å². The Balaban J connectivity index is 1.32. The summed E-state index contributed by atoms with van der Waals surface area (Å²) in [7, 11) is 0. The first-order valence-electron chi connectivity index (χ1n) is 19.1. The summed E-state index contributed by atoms with van der Waals surface area (Å²) < 4.78 is 2.43. The van der Waals surface area contributed by atoms with Crippen molar-refractivity contribution in [3.63, 3.8) is 0 Å². The zero-order valence-electron chi connectivity index (χ0n) is 30.0. The van der Waals surface area contributed by atoms with Crippen LogP contribution in [0.5, 0.6) is 0 Å². The molecular weight excluding hydrogens is 663 g/mol. The van der Waals surface area contributed by atoms with Gasteiger partial charge in [0, 0.05) is 16.5 Å². The van der Waals surface area contributed by atoms with Crippen molar-refractivity contribution in [2.24, 2.45) is 0 Å². The average Bonchev–Trinajstić information content (AvgIpc) is 3.59. The predicted octanol–water partition coefficient (Wildman–Crippen LogP) is 15.1. The molecule has 1 nitrogen and oxygen atoms in total. The van der Waals surface area contributed by atoms with E-state index in [1.807, 2.05) is 0 Å². The summed E-state index contributed by atoms with van der Waals surface area (Å²) in [6.07, 6.45) is 0. The third kappa shape index (κ3) is 4.35. The highest BCUT2D eigenvalue weighted by molar-refractivity contribution is 6.32. The highest BCUT2D eigenvalue weighted by Gasteiger charge is 2.16. The normalized spacial score (nSPS) is 12.0. The summed E-state index contributed by atoms with van der Waals surface area (Å²) in [4.78, 5) is 0. The van der Waals surface area contributed by atoms with E-state index in [1.165, 1.54) is 108 Å². The van der Waals surface area contributed by atoms with E-state index in [2.05, 4.69) is 205 Å². The molecule has 0 aliphatic rings. The van der Waals surface area contributed by atoms with Crippen molar-refractivity contribution in [2.45, 2.75) is 0 Å². The highest BCUT2D eigenvalue weighted by atomic mass is 15.0. The molecule has 0 saturated carbocycles. The lowest BCUT2D eigenvalue weighted by Gasteiger charge is -2.15. The lowest BCUT2D eigenvalue weighted by molar-refractivity contribution is 1.19. The van der Waals surface area contributed by atoms with Crippen LogP contribution < -0.4 is 0 Å². The van der Waals surface area contributed by atoms with E-state index >= 15 is 0 Å². The van der Waals surface area contributed by atoms with Crippen LogP contribution in [0.3, 0.4) is 0 Å². The fraction of sp³-hybridized carbons (Fsp3) is 0. The third-order valence-electron chi connectivity index (χ3n) is 12.0. The molecule has 1 heteroatoms. The Kier molecular flexibility index (Phi) is 6.40. The van der Waals surface area contributed by atoms with Gasteiger partial charge in [0.25, 0.3) is 0 Å². The topological polar surface area (TPSA) is 4.93 Å². The predicted molar refractivity (Wildman–Crippen MR) is 238 cm³/mol. The summed E-state index contributed by atoms with van der Waals surface area (Å²) in [5.41, 5.74) is 3.59. The standard InChI is InChI=1S/C54H33N/c1-2-16-36-35(15-1)37-17-3-6-20-40(37)49-32-51-42-22-8-5-19-39(42)45-30-29-34(55-53-27-13-11-25-46(53)47-26-12-14-28-54(47)55)31-48(45)43-23-9-10-24-44(43)52(51)33-50(49)41-21-7-4-18-38(36)41/h1-33H. The molecule has 12 rings (SSSR count). The van der Waals surface area contributed by atoms with E-state index in [4.69, 9.17) is 0 Å². The zero-order valence-corrected chi connectivity index (χ0v) is 30.0. The van der Waals surface area contributed by atoms with E-state index in [9.17, 15) is 0 Å². The number of nitrogens with zero attached hydrogens (tertiary/aromatic N) is 1. The number of para-hydroxylation sites is 2. The molecule has 0 N–H and O–H groups in total. The Morgan fingerprint density at radius 2 is 0.418 bits per heavy atom. The van der Waals surface area contributed by atoms with Gasteiger partial charge in [-0.2, -0.15) is 0 Å². The molecule has 0 unspecified atom stereocenters. The first-order valence-corrected chi connectivity index (χ1v) is 19.1. The molecule has 0 atom stereocenters. The summed E-state index contributed by atoms with van der Waals surface area (Å²) in [5, 5.41) is 22.5. The van der Waals surface area contributed by atoms with Crippen molar-refractivity contribution >= 4 is 108 Å². The van der Waals surface area contributed by atoms with Gasteiger partial charge >= 0.3 is 0 Å². The van der Waals surface area contributed by atoms with Gasteiger partial charge < -0.3 is 4.57 Å². The Labute approximate surface area is 317 Å². The molecule has 1 heterocycles. The summed E-state index contributed by atoms with van der Waals surface area (Å²) in [6.45, 7) is 0. The lowest BCUT2D eigenvalue weighted by Crippen LogP contribution is -1.94. The van der Waals surface area contributed by atoms with Gasteiger partial charge in [-0.3, -0.25) is 0 Å². The number of rotatable bonds is 1. The van der Waals surface area contributed by atoms with Crippen molar-refractivity contribution in [3.8, 4) is 5.69 Å². The van der Waals surface area contributed by atoms with Gasteiger partial charge in [0.05, 0.1) is 11.0 Å². The van der Waals surface area contributed by atoms with Crippen LogP contribution in [0.4, 0.5) is 0 Å². The molecule has 254 valence electrons. The first kappa shape index (κ1) is 30.3. The van der Waals surface area contributed by atoms with E-state index < -0.39 is 0 Å². The van der Waals surface area contributed by atoms with Crippen molar-refractivity contribution in [3.05, 3.63) is 200 Å². The lowest BCUT2D eigenvalue weighted by atomic mass is 9.90. The summed E-state index contributed by atoms with van der Waals surface area (Å²) >= 11 is 0. The van der Waals surface area contributed by atoms with E-state index in [-0.39, 0.29) is 0 Å². The van der Waals surface area contributed by atoms with Crippen LogP contribution in [0, 0.1) is 0 Å². The molecular formula is C54H33N. The van der Waals surface area contributed by atoms with Gasteiger partial charge in [0.1, 0.15) is 0 Å². The fourth-order valence-corrected chi connectivity index (χ4v) is 9.59. The molecule has 0 spiro atoms. The van der Waals surface area contributed by atoms with Gasteiger partial charge in [0.2, 0.25) is 0 Å². The van der Waals surface area contributed by atoms with Crippen LogP contribution in [0.2, 0.25) is 0 Å². The molecule has 0 saturated heterocycles. The smallest absolute Gasteiger partial charge is 0.0541 e. The first-order chi connectivity index (χ1) is 27.3. The molecule has 0 aliphatic heterocycles. The maximum atomic E-state index is 2.49. The van der Waals surface area contributed by atoms with Crippen molar-refractivity contribution in [2.75, 3.05) is 0 Å². The molecule has 0 bridgehead atoms. The van der Waals surface area contributed by atoms with Crippen molar-refractivity contribution < 1.29 is 0 Å². The minimum atomic E-state index is 1.16. The molecule has 55 heavy (non-hydrogen) atoms. The number of fused-ring (bicyclic) bond motifs is 19. The quantitative estimate of drug-likeness (QED) is 0.161. The maximum absolute atomic E-state index is 2.49. The van der Waals surface area contributed by atoms with Gasteiger partial charge in [-0.05, 0) is 123 Å². The fourth-order valence-electron chi connectivity index (χ4n) is 9.59. The highest BCUT2D eigenvalue weighted by Crippen LogP contribution is 2.42. The number of aromatic nitrogens is 1. The minimum absolute atomic E-state index is 1.16. The number of hydrogen-bond acceptors (Lipinski definition) is 0. The summed E-state index contributed by atoms with van der Waals surface area (Å²) in [6, 6.07) is 74.4. The average molecular weight is 696 g/mol. The second kappa shape index (κ2) is 11.6. The molecule has 12 aromatic rings. The van der Waals surface area contributed by atoms with Crippen LogP contribution in [0.15, 0.2) is 200 Å². The minimum Gasteiger partial charge on any atom is -0.309 e. The molecule has 0 amide bonds. The molecule has 1 aromatic heterocycles. The second-order valence-corrected chi connectivity index (χ2v) is 14.8. The Hall–Kier alpha value is -7.22. The van der Waals surface area contributed by atoms with Crippen LogP contribution in [-0.2, 0) is 0 Å². The van der Waals surface area contributed by atoms with Crippen LogP contribution in [0.25, 0.3) is 114 Å². The van der Waals surface area contributed by atoms with Crippen LogP contribution >= 0.6 is 0 Å². The monoisotopic (exact) mass is 695 g/mol. The largest absolute Gasteiger partial charge is 0.309 e. The van der Waals surface area contributed by atoms with Gasteiger partial charge in [-0.15, -0.1) is 0 Å². The summed E-state index contributed by atoms with van der Waals surface area (Å²) in [5.74, 6) is 0. The van der Waals surface area contributed by atoms with Gasteiger partial charge in [-0.25, -0.2) is 0 Å². The van der Waals surface area contributed by atoms with E-state index in [0.29, 0.717) is 0 Å². The molecule has 0 fully saturated rings. The van der Waals surface area contributed by atoms with Crippen molar-refractivity contribution in [1.29, 1.82) is 0 Å². The SMILES string of the molecule is c1ccc2c(c1)c1ccccc1c1cc3c4ccccc4c4ccc(-n5c6ccccc6c6ccccc65)cc4c4ccccc4c3cc1c1ccccc21. The number of benzene rings is 9. The molecule has 0 aliphatic carbocycles. The Morgan fingerprint density at radius 1 is 0.182 bits per heavy atom. The maximum Gasteiger partial charge on any atom is 0.0541 e. The van der Waals surface area contributed by atoms with Gasteiger partial charge in [0.15, 0.2) is 0 Å². The third-order valence-corrected chi connectivity index (χ3v) is 12.0. The molecule has 0 radical (unpaired) electrons. The van der Waals surface area contributed by atoms with E-state index in [1.54, 1.807) is 0 Å².